The van der Waals surface area contributed by atoms with Crippen LogP contribution < -0.4 is 10.5 Å². The molecule has 120 valence electrons. The SMILES string of the molecule is CCCOc1ccc(C(N)COCCCC(F)(F)F)cc1. The largest absolute Gasteiger partial charge is 0.494 e. The van der Waals surface area contributed by atoms with Crippen molar-refractivity contribution in [2.24, 2.45) is 5.73 Å². The highest BCUT2D eigenvalue weighted by Crippen LogP contribution is 2.21. The van der Waals surface area contributed by atoms with Gasteiger partial charge in [0.2, 0.25) is 0 Å². The molecule has 3 nitrogen and oxygen atoms in total. The lowest BCUT2D eigenvalue weighted by Gasteiger charge is -2.14. The molecule has 0 saturated heterocycles. The zero-order valence-corrected chi connectivity index (χ0v) is 12.2. The lowest BCUT2D eigenvalue weighted by molar-refractivity contribution is -0.137. The number of benzene rings is 1. The second kappa shape index (κ2) is 8.89. The van der Waals surface area contributed by atoms with Gasteiger partial charge in [-0.25, -0.2) is 0 Å². The molecule has 0 bridgehead atoms. The maximum atomic E-state index is 11.9. The predicted octanol–water partition coefficient (Wildman–Crippen LogP) is 3.83. The van der Waals surface area contributed by atoms with E-state index in [1.165, 1.54) is 0 Å². The molecule has 6 heteroatoms. The first-order chi connectivity index (χ1) is 9.92. The molecule has 0 spiro atoms. The summed E-state index contributed by atoms with van der Waals surface area (Å²) in [5, 5.41) is 0. The van der Waals surface area contributed by atoms with Crippen LogP contribution in [0.3, 0.4) is 0 Å². The van der Waals surface area contributed by atoms with Crippen LogP contribution in [0.15, 0.2) is 24.3 Å². The number of alkyl halides is 3. The van der Waals surface area contributed by atoms with Crippen molar-refractivity contribution in [1.82, 2.24) is 0 Å². The van der Waals surface area contributed by atoms with Crippen LogP contribution in [0, 0.1) is 0 Å². The smallest absolute Gasteiger partial charge is 0.389 e. The Morgan fingerprint density at radius 3 is 2.38 bits per heavy atom. The fraction of sp³-hybridized carbons (Fsp3) is 0.600. The van der Waals surface area contributed by atoms with Crippen LogP contribution in [-0.2, 0) is 4.74 Å². The van der Waals surface area contributed by atoms with E-state index in [-0.39, 0.29) is 25.7 Å². The van der Waals surface area contributed by atoms with Crippen molar-refractivity contribution < 1.29 is 22.6 Å². The quantitative estimate of drug-likeness (QED) is 0.705. The lowest BCUT2D eigenvalue weighted by atomic mass is 10.1. The molecule has 1 rings (SSSR count). The zero-order valence-electron chi connectivity index (χ0n) is 12.2. The summed E-state index contributed by atoms with van der Waals surface area (Å²) >= 11 is 0. The molecule has 1 aromatic carbocycles. The van der Waals surface area contributed by atoms with E-state index in [0.29, 0.717) is 6.61 Å². The summed E-state index contributed by atoms with van der Waals surface area (Å²) in [5.41, 5.74) is 6.80. The van der Waals surface area contributed by atoms with E-state index in [1.807, 2.05) is 31.2 Å². The Bertz CT molecular complexity index is 393. The Hall–Kier alpha value is -1.27. The fourth-order valence-electron chi connectivity index (χ4n) is 1.71. The Morgan fingerprint density at radius 1 is 1.14 bits per heavy atom. The average Bonchev–Trinajstić information content (AvgIpc) is 2.44. The lowest BCUT2D eigenvalue weighted by Crippen LogP contribution is -2.18. The standard InChI is InChI=1S/C15H22F3NO2/c1-2-9-21-13-6-4-12(5-7-13)14(19)11-20-10-3-8-15(16,17)18/h4-7,14H,2-3,8-11,19H2,1H3. The van der Waals surface area contributed by atoms with Crippen molar-refractivity contribution in [3.05, 3.63) is 29.8 Å². The van der Waals surface area contributed by atoms with Crippen LogP contribution in [0.2, 0.25) is 0 Å². The monoisotopic (exact) mass is 305 g/mol. The Kier molecular flexibility index (Phi) is 7.53. The highest BCUT2D eigenvalue weighted by molar-refractivity contribution is 5.29. The molecule has 0 radical (unpaired) electrons. The van der Waals surface area contributed by atoms with Crippen molar-refractivity contribution in [2.45, 2.75) is 38.4 Å². The van der Waals surface area contributed by atoms with Gasteiger partial charge in [0.25, 0.3) is 0 Å². The molecule has 1 atom stereocenters. The van der Waals surface area contributed by atoms with Gasteiger partial charge in [-0.3, -0.25) is 0 Å². The summed E-state index contributed by atoms with van der Waals surface area (Å²) in [6, 6.07) is 6.99. The van der Waals surface area contributed by atoms with E-state index in [1.54, 1.807) is 0 Å². The molecule has 1 aromatic rings. The van der Waals surface area contributed by atoms with Gasteiger partial charge in [-0.15, -0.1) is 0 Å². The molecule has 0 aromatic heterocycles. The third-order valence-corrected chi connectivity index (χ3v) is 2.83. The van der Waals surface area contributed by atoms with Gasteiger partial charge in [0.15, 0.2) is 0 Å². The third kappa shape index (κ3) is 7.92. The van der Waals surface area contributed by atoms with E-state index < -0.39 is 12.6 Å². The van der Waals surface area contributed by atoms with E-state index in [9.17, 15) is 13.2 Å². The molecule has 0 aliphatic rings. The van der Waals surface area contributed by atoms with Crippen LogP contribution >= 0.6 is 0 Å². The summed E-state index contributed by atoms with van der Waals surface area (Å²) in [6.07, 6.45) is -4.06. The van der Waals surface area contributed by atoms with Gasteiger partial charge in [-0.1, -0.05) is 19.1 Å². The molecule has 2 N–H and O–H groups in total. The molecule has 0 fully saturated rings. The molecule has 21 heavy (non-hydrogen) atoms. The average molecular weight is 305 g/mol. The van der Waals surface area contributed by atoms with Gasteiger partial charge >= 0.3 is 6.18 Å². The number of nitrogens with two attached hydrogens (primary N) is 1. The molecular formula is C15H22F3NO2. The summed E-state index contributed by atoms with van der Waals surface area (Å²) in [5.74, 6) is 0.777. The third-order valence-electron chi connectivity index (χ3n) is 2.83. The van der Waals surface area contributed by atoms with Crippen molar-refractivity contribution >= 4 is 0 Å². The van der Waals surface area contributed by atoms with E-state index in [4.69, 9.17) is 15.2 Å². The molecule has 0 aliphatic heterocycles. The fourth-order valence-corrected chi connectivity index (χ4v) is 1.71. The van der Waals surface area contributed by atoms with Crippen LogP contribution in [0.25, 0.3) is 0 Å². The highest BCUT2D eigenvalue weighted by Gasteiger charge is 2.25. The molecule has 0 saturated carbocycles. The predicted molar refractivity (Wildman–Crippen MR) is 75.3 cm³/mol. The zero-order chi connectivity index (χ0) is 15.7. The molecule has 0 aliphatic carbocycles. The first-order valence-electron chi connectivity index (χ1n) is 7.05. The van der Waals surface area contributed by atoms with Gasteiger partial charge in [-0.05, 0) is 30.5 Å². The van der Waals surface area contributed by atoms with Crippen LogP contribution in [0.4, 0.5) is 13.2 Å². The topological polar surface area (TPSA) is 44.5 Å². The van der Waals surface area contributed by atoms with Crippen LogP contribution in [-0.4, -0.2) is 26.0 Å². The van der Waals surface area contributed by atoms with E-state index in [2.05, 4.69) is 0 Å². The maximum Gasteiger partial charge on any atom is 0.389 e. The van der Waals surface area contributed by atoms with Crippen LogP contribution in [0.1, 0.15) is 37.8 Å². The first kappa shape index (κ1) is 17.8. The summed E-state index contributed by atoms with van der Waals surface area (Å²) < 4.78 is 46.5. The Morgan fingerprint density at radius 2 is 1.81 bits per heavy atom. The second-order valence-electron chi connectivity index (χ2n) is 4.82. The maximum absolute atomic E-state index is 11.9. The van der Waals surface area contributed by atoms with Gasteiger partial charge in [-0.2, -0.15) is 13.2 Å². The molecule has 0 heterocycles. The summed E-state index contributed by atoms with van der Waals surface area (Å²) in [4.78, 5) is 0. The Labute approximate surface area is 123 Å². The minimum absolute atomic E-state index is 0.0417. The van der Waals surface area contributed by atoms with Crippen molar-refractivity contribution in [3.63, 3.8) is 0 Å². The van der Waals surface area contributed by atoms with Crippen molar-refractivity contribution in [3.8, 4) is 5.75 Å². The second-order valence-corrected chi connectivity index (χ2v) is 4.82. The highest BCUT2D eigenvalue weighted by atomic mass is 19.4. The Balaban J connectivity index is 2.27. The van der Waals surface area contributed by atoms with Crippen molar-refractivity contribution in [2.75, 3.05) is 19.8 Å². The number of hydrogen-bond donors (Lipinski definition) is 1. The van der Waals surface area contributed by atoms with Crippen molar-refractivity contribution in [1.29, 1.82) is 0 Å². The summed E-state index contributed by atoms with van der Waals surface area (Å²) in [7, 11) is 0. The minimum Gasteiger partial charge on any atom is -0.494 e. The number of halogens is 3. The number of ether oxygens (including phenoxy) is 2. The first-order valence-corrected chi connectivity index (χ1v) is 7.05. The summed E-state index contributed by atoms with van der Waals surface area (Å²) in [6.45, 7) is 2.95. The minimum atomic E-state index is -4.13. The molecular weight excluding hydrogens is 283 g/mol. The normalized spacial score (nSPS) is 13.2. The van der Waals surface area contributed by atoms with Crippen LogP contribution in [0.5, 0.6) is 5.75 Å². The van der Waals surface area contributed by atoms with E-state index in [0.717, 1.165) is 17.7 Å². The van der Waals surface area contributed by atoms with E-state index >= 15 is 0 Å². The number of rotatable bonds is 9. The van der Waals surface area contributed by atoms with Gasteiger partial charge in [0.05, 0.1) is 19.3 Å². The molecule has 0 amide bonds. The van der Waals surface area contributed by atoms with Gasteiger partial charge < -0.3 is 15.2 Å². The van der Waals surface area contributed by atoms with Gasteiger partial charge in [0, 0.05) is 13.0 Å². The van der Waals surface area contributed by atoms with Gasteiger partial charge in [0.1, 0.15) is 5.75 Å². The number of hydrogen-bond acceptors (Lipinski definition) is 3. The molecule has 1 unspecified atom stereocenters.